The molecule has 0 amide bonds. The van der Waals surface area contributed by atoms with Crippen molar-refractivity contribution in [1.29, 1.82) is 0 Å². The Morgan fingerprint density at radius 2 is 1.53 bits per heavy atom. The number of rotatable bonds is 6. The summed E-state index contributed by atoms with van der Waals surface area (Å²) in [5, 5.41) is 0. The summed E-state index contributed by atoms with van der Waals surface area (Å²) in [5.41, 5.74) is 0. The molecule has 0 bridgehead atoms. The Kier molecular flexibility index (Phi) is 8.88. The second kappa shape index (κ2) is 8.33. The third kappa shape index (κ3) is 6.73. The molecule has 3 radical (unpaired) electrons. The van der Waals surface area contributed by atoms with Gasteiger partial charge in [0.05, 0.1) is 0 Å². The fourth-order valence-electron chi connectivity index (χ4n) is 2.36. The van der Waals surface area contributed by atoms with Gasteiger partial charge in [0.25, 0.3) is 0 Å². The van der Waals surface area contributed by atoms with Crippen molar-refractivity contribution < 1.29 is 0 Å². The van der Waals surface area contributed by atoms with Crippen molar-refractivity contribution in [2.75, 3.05) is 5.75 Å². The summed E-state index contributed by atoms with van der Waals surface area (Å²) >= 11 is 0. The second-order valence-electron chi connectivity index (χ2n) is 6.28. The third-order valence-electron chi connectivity index (χ3n) is 2.75. The van der Waals surface area contributed by atoms with Crippen LogP contribution in [0.4, 0.5) is 0 Å². The van der Waals surface area contributed by atoms with Gasteiger partial charge >= 0.3 is 118 Å². The fourth-order valence-corrected chi connectivity index (χ4v) is 7.08. The molecule has 0 atom stereocenters. The van der Waals surface area contributed by atoms with Crippen LogP contribution < -0.4 is 0 Å². The van der Waals surface area contributed by atoms with Crippen molar-refractivity contribution in [3.8, 4) is 0 Å². The maximum absolute atomic E-state index is 5.97. The molecule has 0 N–H and O–H groups in total. The molecule has 0 unspecified atom stereocenters. The predicted molar refractivity (Wildman–Crippen MR) is 112 cm³/mol. The van der Waals surface area contributed by atoms with E-state index in [0.29, 0.717) is 18.5 Å². The maximum atomic E-state index is 5.97. The number of hydrogen-bond donors (Lipinski definition) is 0. The van der Waals surface area contributed by atoms with E-state index in [2.05, 4.69) is 64.6 Å². The van der Waals surface area contributed by atoms with Gasteiger partial charge in [-0.15, -0.1) is 0 Å². The van der Waals surface area contributed by atoms with E-state index in [1.54, 1.807) is 0 Å². The summed E-state index contributed by atoms with van der Waals surface area (Å²) in [6, 6.07) is 5.20. The van der Waals surface area contributed by atoms with Crippen molar-refractivity contribution in [1.82, 2.24) is 0 Å². The van der Waals surface area contributed by atoms with Crippen LogP contribution in [0.3, 0.4) is 0 Å². The Morgan fingerprint density at radius 1 is 1.12 bits per heavy atom. The normalized spacial score (nSPS) is 10.4. The van der Waals surface area contributed by atoms with E-state index >= 15 is 0 Å². The molecule has 0 aromatic rings. The van der Waals surface area contributed by atoms with Crippen LogP contribution >= 0.6 is 8.73 Å². The Balaban J connectivity index is 5.72. The predicted octanol–water partition coefficient (Wildman–Crippen LogP) is -5.67. The van der Waals surface area contributed by atoms with Crippen LogP contribution in [0.1, 0.15) is 13.8 Å². The molecular weight excluding hydrogens is 200 g/mol. The van der Waals surface area contributed by atoms with Gasteiger partial charge in [-0.05, 0) is 0 Å². The van der Waals surface area contributed by atoms with E-state index in [9.17, 15) is 0 Å². The van der Waals surface area contributed by atoms with Gasteiger partial charge in [0, 0.05) is 0 Å². The Hall–Kier alpha value is 1.13. The van der Waals surface area contributed by atoms with Crippen LogP contribution in [0.15, 0.2) is 0 Å². The summed E-state index contributed by atoms with van der Waals surface area (Å²) in [5.74, 6) is 2.64. The summed E-state index contributed by atoms with van der Waals surface area (Å²) in [6.07, 6.45) is 1.29. The van der Waals surface area contributed by atoms with Crippen LogP contribution in [-0.2, 0) is 0 Å². The zero-order valence-corrected chi connectivity index (χ0v) is 13.7. The van der Waals surface area contributed by atoms with Gasteiger partial charge in [-0.1, -0.05) is 0 Å². The summed E-state index contributed by atoms with van der Waals surface area (Å²) in [7, 11) is 17.5. The molecule has 0 saturated carbocycles. The first-order chi connectivity index (χ1) is 7.73. The van der Waals surface area contributed by atoms with Crippen molar-refractivity contribution in [3.63, 3.8) is 0 Å². The average molecular weight is 220 g/mol. The molecule has 0 fully saturated rings. The van der Waals surface area contributed by atoms with E-state index in [1.807, 2.05) is 0 Å². The van der Waals surface area contributed by atoms with Crippen molar-refractivity contribution in [2.45, 2.75) is 13.8 Å². The van der Waals surface area contributed by atoms with E-state index in [1.165, 1.54) is 5.75 Å². The van der Waals surface area contributed by atoms with Gasteiger partial charge in [-0.25, -0.2) is 0 Å². The first kappa shape index (κ1) is 18.1. The van der Waals surface area contributed by atoms with Gasteiger partial charge in [-0.2, -0.15) is 0 Å². The van der Waals surface area contributed by atoms with Crippen molar-refractivity contribution in [3.05, 3.63) is 0 Å². The first-order valence-corrected chi connectivity index (χ1v) is 8.92. The van der Waals surface area contributed by atoms with Crippen LogP contribution in [0.25, 0.3) is 0 Å². The fraction of sp³-hybridized carbons (Fsp3) is 1.00. The van der Waals surface area contributed by atoms with Crippen molar-refractivity contribution in [2.24, 2.45) is 5.92 Å². The zero-order chi connectivity index (χ0) is 13.6. The van der Waals surface area contributed by atoms with E-state index in [0.717, 1.165) is 13.0 Å². The molecule has 0 nitrogen and oxygen atoms in total. The van der Waals surface area contributed by atoms with E-state index in [4.69, 9.17) is 7.74 Å². The van der Waals surface area contributed by atoms with Crippen LogP contribution in [-0.4, -0.2) is 89.9 Å². The number of hydrogen-bond acceptors (Lipinski definition) is 0. The van der Waals surface area contributed by atoms with E-state index < -0.39 is 8.73 Å². The molecular formula is C4H20B12S-. The molecule has 0 aliphatic rings. The summed E-state index contributed by atoms with van der Waals surface area (Å²) in [4.78, 5) is 0. The van der Waals surface area contributed by atoms with Gasteiger partial charge in [0.1, 0.15) is 0 Å². The molecule has 13 heteroatoms. The molecule has 0 heterocycles. The minimum atomic E-state index is -0.798. The molecule has 0 aliphatic carbocycles. The molecule has 0 rings (SSSR count). The van der Waals surface area contributed by atoms with Gasteiger partial charge < -0.3 is 0 Å². The zero-order valence-electron chi connectivity index (χ0n) is 12.9. The van der Waals surface area contributed by atoms with Crippen molar-refractivity contribution >= 4 is 92.9 Å². The van der Waals surface area contributed by atoms with Crippen LogP contribution in [0, 0.1) is 5.92 Å². The van der Waals surface area contributed by atoms with Gasteiger partial charge in [-0.3, -0.25) is 0 Å². The molecule has 17 heavy (non-hydrogen) atoms. The standard InChI is InChI=1S/C4H20B12S/c1-4(2)3-17(12-14(6)7,13-15(8)9)16(10)11-5/h4,11H,3,6-10H2,1-2H3/q-1/i5-1,6-1,7-1,8-1,9-1,10-1,11-1,12-1,13-1,14-1,15-1,16-1. The first-order valence-electron chi connectivity index (χ1n) is 6.93. The molecule has 0 spiro atoms. The molecule has 0 aliphatic heterocycles. The molecule has 0 aromatic heterocycles. The topological polar surface area (TPSA) is 0 Å². The van der Waals surface area contributed by atoms with Gasteiger partial charge in [0.2, 0.25) is 0 Å². The SMILES string of the molecule is [10B-][10BH][10B]([10BH2])S(=[10B][10B]([10BH2])[10BH2])(=[10B][10B]([10BH2])[10BH2])CC(C)C. The quantitative estimate of drug-likeness (QED) is 0.392. The monoisotopic (exact) mass is 220 g/mol. The third-order valence-corrected chi connectivity index (χ3v) is 7.79. The molecule has 0 saturated heterocycles. The molecule has 0 aromatic carbocycles. The van der Waals surface area contributed by atoms with Gasteiger partial charge in [0.15, 0.2) is 0 Å². The average Bonchev–Trinajstić information content (AvgIpc) is 2.12. The van der Waals surface area contributed by atoms with Crippen LogP contribution in [0.2, 0.25) is 0 Å². The Bertz CT molecular complexity index is 305. The summed E-state index contributed by atoms with van der Waals surface area (Å²) in [6.45, 7) is 4.65. The Labute approximate surface area is 118 Å². The minimum absolute atomic E-state index is 0.606. The van der Waals surface area contributed by atoms with E-state index in [-0.39, 0.29) is 0 Å². The van der Waals surface area contributed by atoms with Crippen LogP contribution in [0.5, 0.6) is 0 Å². The Morgan fingerprint density at radius 3 is 1.76 bits per heavy atom. The second-order valence-corrected chi connectivity index (χ2v) is 9.77. The summed E-state index contributed by atoms with van der Waals surface area (Å²) < 4.78 is 0. The molecule has 79 valence electrons.